The first-order chi connectivity index (χ1) is 8.66. The summed E-state index contributed by atoms with van der Waals surface area (Å²) < 4.78 is 0. The van der Waals surface area contributed by atoms with Crippen LogP contribution >= 0.6 is 0 Å². The molecule has 2 heteroatoms. The van der Waals surface area contributed by atoms with Crippen LogP contribution in [-0.2, 0) is 6.54 Å². The van der Waals surface area contributed by atoms with Crippen molar-refractivity contribution in [2.24, 2.45) is 5.92 Å². The van der Waals surface area contributed by atoms with Gasteiger partial charge in [-0.15, -0.1) is 0 Å². The van der Waals surface area contributed by atoms with Crippen molar-refractivity contribution in [2.75, 3.05) is 26.7 Å². The van der Waals surface area contributed by atoms with Gasteiger partial charge >= 0.3 is 0 Å². The van der Waals surface area contributed by atoms with E-state index in [9.17, 15) is 0 Å². The van der Waals surface area contributed by atoms with Gasteiger partial charge in [-0.3, -0.25) is 0 Å². The Bertz CT molecular complexity index is 358. The van der Waals surface area contributed by atoms with Crippen LogP contribution in [0, 0.1) is 19.8 Å². The molecule has 0 atom stereocenters. The number of likely N-dealkylation sites (tertiary alicyclic amines) is 1. The van der Waals surface area contributed by atoms with E-state index < -0.39 is 0 Å². The molecule has 0 aliphatic carbocycles. The van der Waals surface area contributed by atoms with Crippen LogP contribution in [0.5, 0.6) is 0 Å². The Morgan fingerprint density at radius 2 is 1.78 bits per heavy atom. The van der Waals surface area contributed by atoms with Gasteiger partial charge in [-0.1, -0.05) is 18.2 Å². The molecule has 0 radical (unpaired) electrons. The molecule has 0 saturated carbocycles. The minimum absolute atomic E-state index is 0.866. The Hall–Kier alpha value is -0.860. The highest BCUT2D eigenvalue weighted by Gasteiger charge is 2.16. The molecule has 1 N–H and O–H groups in total. The molecule has 1 saturated heterocycles. The minimum atomic E-state index is 0.866. The van der Waals surface area contributed by atoms with E-state index in [-0.39, 0.29) is 0 Å². The number of nitrogens with zero attached hydrogens (tertiary/aromatic N) is 1. The second-order valence-corrected chi connectivity index (χ2v) is 5.75. The Balaban J connectivity index is 1.78. The Labute approximate surface area is 111 Å². The van der Waals surface area contributed by atoms with Gasteiger partial charge in [0.1, 0.15) is 0 Å². The standard InChI is InChI=1S/C16H26N2/c1-13-5-4-6-14(2)16(13)12-17-11-15-7-9-18(3)10-8-15/h4-6,15,17H,7-12H2,1-3H3. The van der Waals surface area contributed by atoms with Crippen LogP contribution in [0.3, 0.4) is 0 Å². The maximum absolute atomic E-state index is 3.65. The fourth-order valence-electron chi connectivity index (χ4n) is 2.80. The SMILES string of the molecule is Cc1cccc(C)c1CNCC1CCN(C)CC1. The van der Waals surface area contributed by atoms with Crippen molar-refractivity contribution >= 4 is 0 Å². The summed E-state index contributed by atoms with van der Waals surface area (Å²) in [6.45, 7) is 9.12. The second-order valence-electron chi connectivity index (χ2n) is 5.75. The van der Waals surface area contributed by atoms with Gasteiger partial charge < -0.3 is 10.2 Å². The van der Waals surface area contributed by atoms with Gasteiger partial charge in [-0.25, -0.2) is 0 Å². The molecule has 2 nitrogen and oxygen atoms in total. The van der Waals surface area contributed by atoms with E-state index in [4.69, 9.17) is 0 Å². The van der Waals surface area contributed by atoms with Gasteiger partial charge in [0.15, 0.2) is 0 Å². The average Bonchev–Trinajstić information content (AvgIpc) is 2.35. The number of hydrogen-bond donors (Lipinski definition) is 1. The molecule has 1 aromatic rings. The fourth-order valence-corrected chi connectivity index (χ4v) is 2.80. The van der Waals surface area contributed by atoms with Gasteiger partial charge in [0, 0.05) is 6.54 Å². The number of aryl methyl sites for hydroxylation is 2. The Morgan fingerprint density at radius 3 is 2.39 bits per heavy atom. The van der Waals surface area contributed by atoms with E-state index in [1.165, 1.54) is 49.2 Å². The second kappa shape index (κ2) is 6.35. The van der Waals surface area contributed by atoms with Crippen LogP contribution in [0.1, 0.15) is 29.5 Å². The molecule has 0 unspecified atom stereocenters. The molecular formula is C16H26N2. The monoisotopic (exact) mass is 246 g/mol. The summed E-state index contributed by atoms with van der Waals surface area (Å²) in [4.78, 5) is 2.43. The fraction of sp³-hybridized carbons (Fsp3) is 0.625. The number of rotatable bonds is 4. The van der Waals surface area contributed by atoms with Crippen LogP contribution in [-0.4, -0.2) is 31.6 Å². The number of benzene rings is 1. The third kappa shape index (κ3) is 3.56. The lowest BCUT2D eigenvalue weighted by Crippen LogP contribution is -2.34. The van der Waals surface area contributed by atoms with E-state index in [1.54, 1.807) is 0 Å². The van der Waals surface area contributed by atoms with Crippen molar-refractivity contribution in [2.45, 2.75) is 33.2 Å². The van der Waals surface area contributed by atoms with Gasteiger partial charge in [-0.2, -0.15) is 0 Å². The third-order valence-corrected chi connectivity index (χ3v) is 4.22. The highest BCUT2D eigenvalue weighted by molar-refractivity contribution is 5.33. The van der Waals surface area contributed by atoms with Crippen LogP contribution in [0.15, 0.2) is 18.2 Å². The molecular weight excluding hydrogens is 220 g/mol. The van der Waals surface area contributed by atoms with Gasteiger partial charge in [-0.05, 0) is 76.0 Å². The third-order valence-electron chi connectivity index (χ3n) is 4.22. The first kappa shape index (κ1) is 13.6. The predicted octanol–water partition coefficient (Wildman–Crippen LogP) is 2.73. The van der Waals surface area contributed by atoms with E-state index in [0.29, 0.717) is 0 Å². The summed E-state index contributed by atoms with van der Waals surface area (Å²) in [6.07, 6.45) is 2.69. The van der Waals surface area contributed by atoms with Gasteiger partial charge in [0.05, 0.1) is 0 Å². The zero-order valence-electron chi connectivity index (χ0n) is 12.0. The first-order valence-electron chi connectivity index (χ1n) is 7.11. The molecule has 1 aliphatic rings. The molecule has 1 aromatic carbocycles. The summed E-state index contributed by atoms with van der Waals surface area (Å²) in [5.41, 5.74) is 4.29. The van der Waals surface area contributed by atoms with E-state index in [0.717, 1.165) is 12.5 Å². The summed E-state index contributed by atoms with van der Waals surface area (Å²) in [7, 11) is 2.22. The van der Waals surface area contributed by atoms with E-state index in [2.05, 4.69) is 49.3 Å². The summed E-state index contributed by atoms with van der Waals surface area (Å²) in [5, 5.41) is 3.65. The van der Waals surface area contributed by atoms with Crippen molar-refractivity contribution < 1.29 is 0 Å². The van der Waals surface area contributed by atoms with E-state index >= 15 is 0 Å². The number of piperidine rings is 1. The lowest BCUT2D eigenvalue weighted by molar-refractivity contribution is 0.216. The molecule has 2 rings (SSSR count). The molecule has 1 aliphatic heterocycles. The van der Waals surface area contributed by atoms with Gasteiger partial charge in [0.25, 0.3) is 0 Å². The zero-order valence-corrected chi connectivity index (χ0v) is 12.0. The summed E-state index contributed by atoms with van der Waals surface area (Å²) in [6, 6.07) is 6.56. The Morgan fingerprint density at radius 1 is 1.17 bits per heavy atom. The highest BCUT2D eigenvalue weighted by Crippen LogP contribution is 2.16. The molecule has 0 spiro atoms. The maximum Gasteiger partial charge on any atom is 0.0210 e. The van der Waals surface area contributed by atoms with E-state index in [1.807, 2.05) is 0 Å². The first-order valence-corrected chi connectivity index (χ1v) is 7.11. The van der Waals surface area contributed by atoms with Crippen LogP contribution in [0.25, 0.3) is 0 Å². The summed E-state index contributed by atoms with van der Waals surface area (Å²) >= 11 is 0. The minimum Gasteiger partial charge on any atom is -0.312 e. The molecule has 0 aromatic heterocycles. The quantitative estimate of drug-likeness (QED) is 0.879. The molecule has 0 bridgehead atoms. The average molecular weight is 246 g/mol. The van der Waals surface area contributed by atoms with Gasteiger partial charge in [0.2, 0.25) is 0 Å². The number of hydrogen-bond acceptors (Lipinski definition) is 2. The van der Waals surface area contributed by atoms with Crippen LogP contribution in [0.2, 0.25) is 0 Å². The van der Waals surface area contributed by atoms with Crippen LogP contribution < -0.4 is 5.32 Å². The molecule has 100 valence electrons. The highest BCUT2D eigenvalue weighted by atomic mass is 15.1. The predicted molar refractivity (Wildman–Crippen MR) is 77.8 cm³/mol. The lowest BCUT2D eigenvalue weighted by Gasteiger charge is -2.29. The normalized spacial score (nSPS) is 18.2. The molecule has 0 amide bonds. The molecule has 18 heavy (non-hydrogen) atoms. The molecule has 1 heterocycles. The van der Waals surface area contributed by atoms with Crippen molar-refractivity contribution in [1.82, 2.24) is 10.2 Å². The maximum atomic E-state index is 3.65. The molecule has 1 fully saturated rings. The number of nitrogens with one attached hydrogen (secondary N) is 1. The van der Waals surface area contributed by atoms with Crippen molar-refractivity contribution in [3.05, 3.63) is 34.9 Å². The Kier molecular flexibility index (Phi) is 4.79. The topological polar surface area (TPSA) is 15.3 Å². The van der Waals surface area contributed by atoms with Crippen molar-refractivity contribution in [3.63, 3.8) is 0 Å². The van der Waals surface area contributed by atoms with Crippen molar-refractivity contribution in [1.29, 1.82) is 0 Å². The lowest BCUT2D eigenvalue weighted by atomic mass is 9.97. The zero-order chi connectivity index (χ0) is 13.0. The van der Waals surface area contributed by atoms with Crippen molar-refractivity contribution in [3.8, 4) is 0 Å². The largest absolute Gasteiger partial charge is 0.312 e. The smallest absolute Gasteiger partial charge is 0.0210 e. The van der Waals surface area contributed by atoms with Crippen LogP contribution in [0.4, 0.5) is 0 Å². The summed E-state index contributed by atoms with van der Waals surface area (Å²) in [5.74, 6) is 0.866.